The summed E-state index contributed by atoms with van der Waals surface area (Å²) in [6.07, 6.45) is -3.46. The second kappa shape index (κ2) is 9.65. The van der Waals surface area contributed by atoms with E-state index in [2.05, 4.69) is 5.32 Å². The minimum absolute atomic E-state index is 0.0624. The van der Waals surface area contributed by atoms with Crippen LogP contribution in [-0.4, -0.2) is 10.8 Å². The van der Waals surface area contributed by atoms with Gasteiger partial charge in [0.05, 0.1) is 10.5 Å². The Morgan fingerprint density at radius 1 is 1.06 bits per heavy atom. The van der Waals surface area contributed by atoms with Gasteiger partial charge < -0.3 is 10.1 Å². The SMILES string of the molecule is N#C/C(=C/c1cccc(Oc2ccc(C(F)(F)F)cc2[N+](=O)[O-])c1)C(=O)Nc1ccccc1. The minimum atomic E-state index is -4.75. The third kappa shape index (κ3) is 5.95. The Bertz CT molecular complexity index is 1270. The molecular formula is C23H14F3N3O4. The number of ether oxygens (including phenoxy) is 1. The Morgan fingerprint density at radius 2 is 1.79 bits per heavy atom. The zero-order valence-corrected chi connectivity index (χ0v) is 16.7. The number of benzene rings is 3. The number of amides is 1. The summed E-state index contributed by atoms with van der Waals surface area (Å²) < 4.78 is 44.0. The molecule has 0 saturated carbocycles. The summed E-state index contributed by atoms with van der Waals surface area (Å²) in [6.45, 7) is 0. The third-order valence-corrected chi connectivity index (χ3v) is 4.28. The molecule has 0 fully saturated rings. The number of para-hydroxylation sites is 1. The number of carbonyl (C=O) groups is 1. The van der Waals surface area contributed by atoms with E-state index in [0.29, 0.717) is 23.4 Å². The molecule has 0 radical (unpaired) electrons. The fourth-order valence-corrected chi connectivity index (χ4v) is 2.75. The number of alkyl halides is 3. The van der Waals surface area contributed by atoms with Gasteiger partial charge in [0, 0.05) is 11.8 Å². The molecule has 3 aromatic carbocycles. The van der Waals surface area contributed by atoms with Gasteiger partial charge >= 0.3 is 11.9 Å². The first kappa shape index (κ1) is 23.0. The molecule has 1 N–H and O–H groups in total. The molecule has 0 aliphatic heterocycles. The van der Waals surface area contributed by atoms with E-state index in [4.69, 9.17) is 4.74 Å². The Kier molecular flexibility index (Phi) is 6.74. The van der Waals surface area contributed by atoms with E-state index in [1.54, 1.807) is 42.5 Å². The van der Waals surface area contributed by atoms with Crippen LogP contribution in [0.2, 0.25) is 0 Å². The van der Waals surface area contributed by atoms with Crippen molar-refractivity contribution in [1.82, 2.24) is 0 Å². The number of nitrogens with zero attached hydrogens (tertiary/aromatic N) is 2. The number of rotatable bonds is 6. The summed E-state index contributed by atoms with van der Waals surface area (Å²) in [5.41, 5.74) is -1.39. The van der Waals surface area contributed by atoms with Crippen LogP contribution in [0.5, 0.6) is 11.5 Å². The molecule has 7 nitrogen and oxygen atoms in total. The average molecular weight is 453 g/mol. The Labute approximate surface area is 185 Å². The van der Waals surface area contributed by atoms with Crippen LogP contribution in [0, 0.1) is 21.4 Å². The van der Waals surface area contributed by atoms with Gasteiger partial charge in [0.25, 0.3) is 5.91 Å². The standard InChI is InChI=1S/C23H14F3N3O4/c24-23(25,26)17-9-10-21(20(13-17)29(31)32)33-19-8-4-5-15(12-19)11-16(14-27)22(30)28-18-6-2-1-3-7-18/h1-13H,(H,28,30)/b16-11-. The van der Waals surface area contributed by atoms with Crippen LogP contribution in [-0.2, 0) is 11.0 Å². The number of carbonyl (C=O) groups excluding carboxylic acids is 1. The maximum absolute atomic E-state index is 12.9. The lowest BCUT2D eigenvalue weighted by Crippen LogP contribution is -2.13. The monoisotopic (exact) mass is 453 g/mol. The molecule has 0 heterocycles. The normalized spacial score (nSPS) is 11.4. The van der Waals surface area contributed by atoms with Gasteiger partial charge in [-0.2, -0.15) is 18.4 Å². The molecule has 166 valence electrons. The van der Waals surface area contributed by atoms with Gasteiger partial charge in [-0.15, -0.1) is 0 Å². The van der Waals surface area contributed by atoms with Gasteiger partial charge in [0.1, 0.15) is 17.4 Å². The second-order valence-corrected chi connectivity index (χ2v) is 6.60. The van der Waals surface area contributed by atoms with E-state index in [9.17, 15) is 33.3 Å². The maximum Gasteiger partial charge on any atom is 0.416 e. The molecule has 0 aliphatic carbocycles. The first-order chi connectivity index (χ1) is 15.7. The third-order valence-electron chi connectivity index (χ3n) is 4.28. The van der Waals surface area contributed by atoms with Gasteiger partial charge in [0.15, 0.2) is 0 Å². The van der Waals surface area contributed by atoms with Crippen LogP contribution in [0.4, 0.5) is 24.5 Å². The Hall–Kier alpha value is -4.65. The topological polar surface area (TPSA) is 105 Å². The van der Waals surface area contributed by atoms with Crippen molar-refractivity contribution in [2.45, 2.75) is 6.18 Å². The first-order valence-electron chi connectivity index (χ1n) is 9.29. The van der Waals surface area contributed by atoms with E-state index in [-0.39, 0.29) is 11.3 Å². The molecule has 0 unspecified atom stereocenters. The lowest BCUT2D eigenvalue weighted by atomic mass is 10.1. The number of nitriles is 1. The molecular weight excluding hydrogens is 439 g/mol. The van der Waals surface area contributed by atoms with Crippen molar-refractivity contribution < 1.29 is 27.6 Å². The van der Waals surface area contributed by atoms with Gasteiger partial charge in [0.2, 0.25) is 5.75 Å². The first-order valence-corrected chi connectivity index (χ1v) is 9.29. The molecule has 3 aromatic rings. The van der Waals surface area contributed by atoms with Crippen LogP contribution < -0.4 is 10.1 Å². The van der Waals surface area contributed by atoms with Gasteiger partial charge in [-0.3, -0.25) is 14.9 Å². The van der Waals surface area contributed by atoms with Crippen LogP contribution >= 0.6 is 0 Å². The van der Waals surface area contributed by atoms with E-state index < -0.39 is 34.0 Å². The van der Waals surface area contributed by atoms with Crippen molar-refractivity contribution in [1.29, 1.82) is 5.26 Å². The number of nitro groups is 1. The van der Waals surface area contributed by atoms with E-state index >= 15 is 0 Å². The lowest BCUT2D eigenvalue weighted by molar-refractivity contribution is -0.385. The highest BCUT2D eigenvalue weighted by Gasteiger charge is 2.33. The van der Waals surface area contributed by atoms with Crippen LogP contribution in [0.3, 0.4) is 0 Å². The summed E-state index contributed by atoms with van der Waals surface area (Å²) in [4.78, 5) is 22.6. The molecule has 0 aromatic heterocycles. The van der Waals surface area contributed by atoms with Crippen molar-refractivity contribution in [3.05, 3.63) is 99.6 Å². The number of nitrogens with one attached hydrogen (secondary N) is 1. The predicted molar refractivity (Wildman–Crippen MR) is 113 cm³/mol. The van der Waals surface area contributed by atoms with Crippen molar-refractivity contribution >= 4 is 23.4 Å². The fraction of sp³-hybridized carbons (Fsp3) is 0.0435. The van der Waals surface area contributed by atoms with Crippen molar-refractivity contribution in [2.75, 3.05) is 5.32 Å². The average Bonchev–Trinajstić information content (AvgIpc) is 2.77. The molecule has 0 saturated heterocycles. The van der Waals surface area contributed by atoms with E-state index in [0.717, 1.165) is 6.07 Å². The molecule has 33 heavy (non-hydrogen) atoms. The van der Waals surface area contributed by atoms with E-state index in [1.807, 2.05) is 0 Å². The van der Waals surface area contributed by atoms with Crippen LogP contribution in [0.15, 0.2) is 78.4 Å². The fourth-order valence-electron chi connectivity index (χ4n) is 2.75. The second-order valence-electron chi connectivity index (χ2n) is 6.60. The minimum Gasteiger partial charge on any atom is -0.450 e. The molecule has 0 spiro atoms. The van der Waals surface area contributed by atoms with Crippen molar-refractivity contribution in [3.8, 4) is 17.6 Å². The molecule has 1 amide bonds. The summed E-state index contributed by atoms with van der Waals surface area (Å²) in [6, 6.07) is 18.1. The van der Waals surface area contributed by atoms with Crippen molar-refractivity contribution in [2.24, 2.45) is 0 Å². The maximum atomic E-state index is 12.9. The smallest absolute Gasteiger partial charge is 0.416 e. The van der Waals surface area contributed by atoms with Crippen molar-refractivity contribution in [3.63, 3.8) is 0 Å². The number of anilines is 1. The molecule has 0 bridgehead atoms. The van der Waals surface area contributed by atoms with Crippen LogP contribution in [0.25, 0.3) is 6.08 Å². The quantitative estimate of drug-likeness (QED) is 0.215. The number of hydrogen-bond acceptors (Lipinski definition) is 5. The lowest BCUT2D eigenvalue weighted by Gasteiger charge is -2.10. The highest BCUT2D eigenvalue weighted by atomic mass is 19.4. The predicted octanol–water partition coefficient (Wildman–Crippen LogP) is 5.95. The Morgan fingerprint density at radius 3 is 2.42 bits per heavy atom. The summed E-state index contributed by atoms with van der Waals surface area (Å²) >= 11 is 0. The summed E-state index contributed by atoms with van der Waals surface area (Å²) in [7, 11) is 0. The highest BCUT2D eigenvalue weighted by molar-refractivity contribution is 6.09. The van der Waals surface area contributed by atoms with Gasteiger partial charge in [-0.1, -0.05) is 30.3 Å². The molecule has 0 aliphatic rings. The highest BCUT2D eigenvalue weighted by Crippen LogP contribution is 2.38. The zero-order chi connectivity index (χ0) is 24.0. The Balaban J connectivity index is 1.86. The number of halogens is 3. The summed E-state index contributed by atoms with van der Waals surface area (Å²) in [5.74, 6) is -0.975. The molecule has 3 rings (SSSR count). The number of hydrogen-bond donors (Lipinski definition) is 1. The molecule has 10 heteroatoms. The van der Waals surface area contributed by atoms with Gasteiger partial charge in [-0.25, -0.2) is 0 Å². The van der Waals surface area contributed by atoms with Gasteiger partial charge in [-0.05, 0) is 48.0 Å². The summed E-state index contributed by atoms with van der Waals surface area (Å²) in [5, 5.41) is 23.2. The van der Waals surface area contributed by atoms with Crippen LogP contribution in [0.1, 0.15) is 11.1 Å². The number of nitro benzene ring substituents is 1. The zero-order valence-electron chi connectivity index (χ0n) is 16.7. The largest absolute Gasteiger partial charge is 0.450 e. The molecule has 0 atom stereocenters. The van der Waals surface area contributed by atoms with E-state index in [1.165, 1.54) is 24.3 Å².